The van der Waals surface area contributed by atoms with Gasteiger partial charge in [0, 0.05) is 11.6 Å². The van der Waals surface area contributed by atoms with Crippen molar-refractivity contribution >= 4 is 5.69 Å². The van der Waals surface area contributed by atoms with Crippen molar-refractivity contribution in [2.24, 2.45) is 0 Å². The summed E-state index contributed by atoms with van der Waals surface area (Å²) in [6.07, 6.45) is 3.50. The highest BCUT2D eigenvalue weighted by Crippen LogP contribution is 2.26. The van der Waals surface area contributed by atoms with E-state index in [1.807, 2.05) is 6.92 Å². The predicted octanol–water partition coefficient (Wildman–Crippen LogP) is 4.10. The van der Waals surface area contributed by atoms with Gasteiger partial charge in [0.05, 0.1) is 25.5 Å². The lowest BCUT2D eigenvalue weighted by Crippen LogP contribution is -2.00. The van der Waals surface area contributed by atoms with E-state index in [1.165, 1.54) is 0 Å². The Hall–Kier alpha value is -2.60. The summed E-state index contributed by atoms with van der Waals surface area (Å²) >= 11 is 0. The monoisotopic (exact) mass is 349 g/mol. The Bertz CT molecular complexity index is 720. The zero-order valence-electron chi connectivity index (χ0n) is 14.0. The number of ether oxygens (including phenoxy) is 3. The van der Waals surface area contributed by atoms with Crippen molar-refractivity contribution in [3.8, 4) is 11.5 Å². The summed E-state index contributed by atoms with van der Waals surface area (Å²) in [5.41, 5.74) is 6.57. The molecule has 0 bridgehead atoms. The molecule has 0 saturated carbocycles. The fraction of sp³-hybridized carbons (Fsp3) is 0.263. The topological polar surface area (TPSA) is 53.7 Å². The highest BCUT2D eigenvalue weighted by atomic mass is 19.1. The molecule has 0 aliphatic carbocycles. The van der Waals surface area contributed by atoms with E-state index in [0.717, 1.165) is 18.2 Å². The van der Waals surface area contributed by atoms with E-state index in [9.17, 15) is 8.78 Å². The van der Waals surface area contributed by atoms with E-state index in [0.29, 0.717) is 30.4 Å². The quantitative estimate of drug-likeness (QED) is 0.421. The molecule has 6 heteroatoms. The minimum atomic E-state index is -0.489. The first kappa shape index (κ1) is 18.7. The van der Waals surface area contributed by atoms with Crippen LogP contribution >= 0.6 is 0 Å². The Labute approximate surface area is 145 Å². The van der Waals surface area contributed by atoms with Gasteiger partial charge in [0.1, 0.15) is 29.7 Å². The maximum atomic E-state index is 13.4. The van der Waals surface area contributed by atoms with Gasteiger partial charge in [-0.05, 0) is 43.3 Å². The molecule has 2 N–H and O–H groups in total. The van der Waals surface area contributed by atoms with Gasteiger partial charge in [-0.25, -0.2) is 8.78 Å². The van der Waals surface area contributed by atoms with Gasteiger partial charge in [0.15, 0.2) is 0 Å². The molecule has 2 aromatic carbocycles. The average molecular weight is 349 g/mol. The molecule has 0 spiro atoms. The molecule has 0 unspecified atom stereocenters. The molecule has 0 heterocycles. The van der Waals surface area contributed by atoms with Crippen LogP contribution in [0.4, 0.5) is 14.5 Å². The molecule has 2 aromatic rings. The van der Waals surface area contributed by atoms with Gasteiger partial charge in [0.25, 0.3) is 0 Å². The van der Waals surface area contributed by atoms with Crippen LogP contribution in [0.15, 0.2) is 48.6 Å². The van der Waals surface area contributed by atoms with Gasteiger partial charge in [0.2, 0.25) is 0 Å². The molecule has 25 heavy (non-hydrogen) atoms. The molecule has 134 valence electrons. The Balaban J connectivity index is 1.70. The minimum Gasteiger partial charge on any atom is -0.494 e. The molecule has 2 rings (SSSR count). The maximum absolute atomic E-state index is 13.4. The van der Waals surface area contributed by atoms with Crippen LogP contribution in [-0.4, -0.2) is 19.8 Å². The fourth-order valence-electron chi connectivity index (χ4n) is 2.08. The van der Waals surface area contributed by atoms with Crippen molar-refractivity contribution in [3.63, 3.8) is 0 Å². The van der Waals surface area contributed by atoms with Gasteiger partial charge in [-0.1, -0.05) is 6.08 Å². The van der Waals surface area contributed by atoms with Crippen molar-refractivity contribution in [2.75, 3.05) is 25.6 Å². The van der Waals surface area contributed by atoms with E-state index in [2.05, 4.69) is 0 Å². The molecule has 0 atom stereocenters. The van der Waals surface area contributed by atoms with E-state index in [4.69, 9.17) is 19.9 Å². The summed E-state index contributed by atoms with van der Waals surface area (Å²) in [5.74, 6) is 0.285. The summed E-state index contributed by atoms with van der Waals surface area (Å²) in [7, 11) is 0. The summed E-state index contributed by atoms with van der Waals surface area (Å²) in [6, 6.07) is 8.52. The molecule has 0 aromatic heterocycles. The molecule has 0 amide bonds. The van der Waals surface area contributed by atoms with E-state index in [-0.39, 0.29) is 18.8 Å². The summed E-state index contributed by atoms with van der Waals surface area (Å²) < 4.78 is 42.6. The summed E-state index contributed by atoms with van der Waals surface area (Å²) in [5, 5.41) is 0. The molecular weight excluding hydrogens is 328 g/mol. The Morgan fingerprint density at radius 2 is 1.80 bits per heavy atom. The maximum Gasteiger partial charge on any atom is 0.142 e. The second-order valence-electron chi connectivity index (χ2n) is 5.17. The second kappa shape index (κ2) is 9.64. The smallest absolute Gasteiger partial charge is 0.142 e. The Morgan fingerprint density at radius 3 is 2.56 bits per heavy atom. The van der Waals surface area contributed by atoms with Crippen molar-refractivity contribution in [2.45, 2.75) is 13.5 Å². The first-order valence-corrected chi connectivity index (χ1v) is 7.92. The van der Waals surface area contributed by atoms with Crippen molar-refractivity contribution in [1.29, 1.82) is 0 Å². The summed E-state index contributed by atoms with van der Waals surface area (Å²) in [6.45, 7) is 3.05. The van der Waals surface area contributed by atoms with E-state index >= 15 is 0 Å². The van der Waals surface area contributed by atoms with Crippen LogP contribution in [0.25, 0.3) is 0 Å². The largest absolute Gasteiger partial charge is 0.494 e. The molecule has 0 radical (unpaired) electrons. The lowest BCUT2D eigenvalue weighted by molar-refractivity contribution is 0.145. The van der Waals surface area contributed by atoms with E-state index in [1.54, 1.807) is 30.4 Å². The van der Waals surface area contributed by atoms with Crippen LogP contribution in [0.3, 0.4) is 0 Å². The number of halogens is 2. The second-order valence-corrected chi connectivity index (χ2v) is 5.17. The van der Waals surface area contributed by atoms with Crippen LogP contribution < -0.4 is 15.2 Å². The van der Waals surface area contributed by atoms with Gasteiger partial charge < -0.3 is 19.9 Å². The molecule has 0 aliphatic heterocycles. The molecule has 0 fully saturated rings. The lowest BCUT2D eigenvalue weighted by atomic mass is 10.2. The minimum absolute atomic E-state index is 0.000624. The number of nitrogen functional groups attached to an aromatic ring is 1. The third-order valence-electron chi connectivity index (χ3n) is 3.27. The molecule has 4 nitrogen and oxygen atoms in total. The average Bonchev–Trinajstić information content (AvgIpc) is 2.59. The van der Waals surface area contributed by atoms with Crippen molar-refractivity contribution < 1.29 is 23.0 Å². The number of hydrogen-bond acceptors (Lipinski definition) is 4. The van der Waals surface area contributed by atoms with Crippen LogP contribution in [-0.2, 0) is 11.3 Å². The predicted molar refractivity (Wildman–Crippen MR) is 92.7 cm³/mol. The zero-order chi connectivity index (χ0) is 18.1. The molecule has 0 saturated heterocycles. The molecular formula is C19H21F2NO3. The standard InChI is InChI=1S/C19H21F2NO3/c1-2-24-16-6-8-19(18(22)12-16)25-10-4-3-9-23-13-14-11-15(20)5-7-17(14)21/h3-8,11-12H,2,9-10,13,22H2,1H3/b4-3+. The first-order chi connectivity index (χ1) is 12.1. The first-order valence-electron chi connectivity index (χ1n) is 7.92. The Kier molecular flexibility index (Phi) is 7.22. The van der Waals surface area contributed by atoms with Crippen LogP contribution in [0.1, 0.15) is 12.5 Å². The third kappa shape index (κ3) is 6.08. The lowest BCUT2D eigenvalue weighted by Gasteiger charge is -2.09. The Morgan fingerprint density at radius 1 is 1.00 bits per heavy atom. The van der Waals surface area contributed by atoms with Gasteiger partial charge >= 0.3 is 0 Å². The van der Waals surface area contributed by atoms with Gasteiger partial charge in [-0.2, -0.15) is 0 Å². The van der Waals surface area contributed by atoms with Crippen molar-refractivity contribution in [3.05, 3.63) is 65.7 Å². The highest BCUT2D eigenvalue weighted by molar-refractivity contribution is 5.56. The normalized spacial score (nSPS) is 11.0. The molecule has 0 aliphatic rings. The van der Waals surface area contributed by atoms with Crippen LogP contribution in [0.2, 0.25) is 0 Å². The number of anilines is 1. The highest BCUT2D eigenvalue weighted by Gasteiger charge is 2.03. The number of benzene rings is 2. The number of rotatable bonds is 9. The summed E-state index contributed by atoms with van der Waals surface area (Å²) in [4.78, 5) is 0. The van der Waals surface area contributed by atoms with Gasteiger partial charge in [-0.15, -0.1) is 0 Å². The van der Waals surface area contributed by atoms with E-state index < -0.39 is 11.6 Å². The van der Waals surface area contributed by atoms with Crippen molar-refractivity contribution in [1.82, 2.24) is 0 Å². The number of nitrogens with two attached hydrogens (primary N) is 1. The van der Waals surface area contributed by atoms with Gasteiger partial charge in [-0.3, -0.25) is 0 Å². The number of hydrogen-bond donors (Lipinski definition) is 1. The SMILES string of the molecule is CCOc1ccc(OC/C=C/COCc2cc(F)ccc2F)c(N)c1. The third-order valence-corrected chi connectivity index (χ3v) is 3.27. The fourth-order valence-corrected chi connectivity index (χ4v) is 2.08. The van der Waals surface area contributed by atoms with Crippen LogP contribution in [0, 0.1) is 11.6 Å². The zero-order valence-corrected chi connectivity index (χ0v) is 14.0. The van der Waals surface area contributed by atoms with Crippen LogP contribution in [0.5, 0.6) is 11.5 Å².